The third-order valence-electron chi connectivity index (χ3n) is 2.18. The molecule has 106 valence electrons. The maximum absolute atomic E-state index is 12.0. The third-order valence-corrected chi connectivity index (χ3v) is 2.18. The molecule has 0 saturated heterocycles. The number of carbonyl (C=O) groups is 1. The van der Waals surface area contributed by atoms with Gasteiger partial charge in [0.05, 0.1) is 13.7 Å². The Labute approximate surface area is 108 Å². The van der Waals surface area contributed by atoms with Crippen LogP contribution in [0.1, 0.15) is 17.3 Å². The molecule has 1 rings (SSSR count). The van der Waals surface area contributed by atoms with E-state index in [4.69, 9.17) is 9.47 Å². The molecule has 1 amide bonds. The predicted octanol–water partition coefficient (Wildman–Crippen LogP) is 2.39. The molecule has 4 nitrogen and oxygen atoms in total. The van der Waals surface area contributed by atoms with Crippen LogP contribution in [0.15, 0.2) is 18.2 Å². The lowest BCUT2D eigenvalue weighted by atomic mass is 10.2. The fourth-order valence-corrected chi connectivity index (χ4v) is 1.37. The summed E-state index contributed by atoms with van der Waals surface area (Å²) in [7, 11) is 1.43. The number of halogens is 3. The van der Waals surface area contributed by atoms with E-state index in [1.54, 1.807) is 12.2 Å². The first-order valence-corrected chi connectivity index (χ1v) is 5.53. The van der Waals surface area contributed by atoms with E-state index in [1.165, 1.54) is 25.3 Å². The van der Waals surface area contributed by atoms with E-state index in [1.807, 2.05) is 0 Å². The van der Waals surface area contributed by atoms with Crippen molar-refractivity contribution in [3.63, 3.8) is 0 Å². The Kier molecular flexibility index (Phi) is 5.02. The smallest absolute Gasteiger partial charge is 0.405 e. The summed E-state index contributed by atoms with van der Waals surface area (Å²) in [6.07, 6.45) is -4.44. The van der Waals surface area contributed by atoms with Gasteiger partial charge in [-0.3, -0.25) is 4.79 Å². The van der Waals surface area contributed by atoms with Crippen LogP contribution in [0.25, 0.3) is 0 Å². The Bertz CT molecular complexity index is 446. The molecule has 1 aromatic carbocycles. The number of rotatable bonds is 5. The van der Waals surface area contributed by atoms with Crippen LogP contribution in [-0.2, 0) is 0 Å². The maximum atomic E-state index is 12.0. The number of amides is 1. The topological polar surface area (TPSA) is 47.6 Å². The fraction of sp³-hybridized carbons (Fsp3) is 0.417. The minimum Gasteiger partial charge on any atom is -0.493 e. The van der Waals surface area contributed by atoms with Gasteiger partial charge in [-0.25, -0.2) is 0 Å². The highest BCUT2D eigenvalue weighted by Gasteiger charge is 2.28. The van der Waals surface area contributed by atoms with E-state index < -0.39 is 18.6 Å². The van der Waals surface area contributed by atoms with E-state index in [2.05, 4.69) is 0 Å². The monoisotopic (exact) mass is 277 g/mol. The molecule has 7 heteroatoms. The highest BCUT2D eigenvalue weighted by atomic mass is 19.4. The molecular formula is C12H14F3NO3. The second-order valence-corrected chi connectivity index (χ2v) is 3.60. The number of hydrogen-bond acceptors (Lipinski definition) is 3. The van der Waals surface area contributed by atoms with Crippen molar-refractivity contribution >= 4 is 5.91 Å². The van der Waals surface area contributed by atoms with E-state index in [0.717, 1.165) is 0 Å². The molecule has 0 aromatic heterocycles. The van der Waals surface area contributed by atoms with Gasteiger partial charge in [-0.05, 0) is 25.1 Å². The zero-order valence-electron chi connectivity index (χ0n) is 10.5. The summed E-state index contributed by atoms with van der Waals surface area (Å²) in [5.41, 5.74) is 0.0773. The van der Waals surface area contributed by atoms with E-state index >= 15 is 0 Å². The average Bonchev–Trinajstić information content (AvgIpc) is 2.35. The maximum Gasteiger partial charge on any atom is 0.405 e. The summed E-state index contributed by atoms with van der Waals surface area (Å²) in [6, 6.07) is 4.18. The van der Waals surface area contributed by atoms with Gasteiger partial charge >= 0.3 is 6.18 Å². The van der Waals surface area contributed by atoms with Crippen molar-refractivity contribution in [2.24, 2.45) is 0 Å². The molecule has 0 unspecified atom stereocenters. The van der Waals surface area contributed by atoms with Crippen LogP contribution in [0.5, 0.6) is 11.5 Å². The van der Waals surface area contributed by atoms with Crippen LogP contribution in [0.4, 0.5) is 13.2 Å². The normalized spacial score (nSPS) is 11.0. The molecule has 0 heterocycles. The first-order chi connectivity index (χ1) is 8.87. The molecule has 1 N–H and O–H groups in total. The van der Waals surface area contributed by atoms with Crippen molar-refractivity contribution < 1.29 is 27.4 Å². The van der Waals surface area contributed by atoms with Crippen LogP contribution in [0.2, 0.25) is 0 Å². The van der Waals surface area contributed by atoms with Crippen molar-refractivity contribution in [3.05, 3.63) is 23.8 Å². The summed E-state index contributed by atoms with van der Waals surface area (Å²) in [5.74, 6) is -0.0974. The third kappa shape index (κ3) is 4.69. The van der Waals surface area contributed by atoms with Gasteiger partial charge in [-0.2, -0.15) is 13.2 Å². The van der Waals surface area contributed by atoms with Gasteiger partial charge in [0.15, 0.2) is 11.5 Å². The number of nitrogens with one attached hydrogen (secondary N) is 1. The van der Waals surface area contributed by atoms with Gasteiger partial charge in [0.25, 0.3) is 5.91 Å². The minimum atomic E-state index is -4.44. The lowest BCUT2D eigenvalue weighted by Gasteiger charge is -2.12. The van der Waals surface area contributed by atoms with E-state index in [-0.39, 0.29) is 5.56 Å². The first kappa shape index (κ1) is 15.1. The molecule has 0 saturated carbocycles. The predicted molar refractivity (Wildman–Crippen MR) is 62.6 cm³/mol. The van der Waals surface area contributed by atoms with Crippen molar-refractivity contribution in [2.75, 3.05) is 20.3 Å². The van der Waals surface area contributed by atoms with Crippen LogP contribution in [-0.4, -0.2) is 32.3 Å². The molecule has 19 heavy (non-hydrogen) atoms. The number of methoxy groups -OCH3 is 1. The second kappa shape index (κ2) is 6.31. The van der Waals surface area contributed by atoms with E-state index in [9.17, 15) is 18.0 Å². The Balaban J connectivity index is 2.83. The number of alkyl halides is 3. The highest BCUT2D eigenvalue weighted by molar-refractivity contribution is 5.94. The van der Waals surface area contributed by atoms with Crippen molar-refractivity contribution in [3.8, 4) is 11.5 Å². The molecule has 0 aliphatic rings. The van der Waals surface area contributed by atoms with Gasteiger partial charge in [0, 0.05) is 5.56 Å². The Morgan fingerprint density at radius 1 is 1.32 bits per heavy atom. The van der Waals surface area contributed by atoms with Gasteiger partial charge < -0.3 is 14.8 Å². The van der Waals surface area contributed by atoms with Crippen LogP contribution >= 0.6 is 0 Å². The molecule has 0 spiro atoms. The van der Waals surface area contributed by atoms with E-state index in [0.29, 0.717) is 18.1 Å². The summed E-state index contributed by atoms with van der Waals surface area (Å²) >= 11 is 0. The van der Waals surface area contributed by atoms with Crippen LogP contribution in [0.3, 0.4) is 0 Å². The molecule has 0 fully saturated rings. The molecule has 0 aliphatic heterocycles. The summed E-state index contributed by atoms with van der Waals surface area (Å²) in [5, 5.41) is 1.79. The zero-order valence-corrected chi connectivity index (χ0v) is 10.5. The van der Waals surface area contributed by atoms with Gasteiger partial charge in [0.2, 0.25) is 0 Å². The van der Waals surface area contributed by atoms with Crippen LogP contribution in [0, 0.1) is 0 Å². The first-order valence-electron chi connectivity index (χ1n) is 5.53. The molecular weight excluding hydrogens is 263 g/mol. The van der Waals surface area contributed by atoms with Crippen molar-refractivity contribution in [2.45, 2.75) is 13.1 Å². The Morgan fingerprint density at radius 3 is 2.53 bits per heavy atom. The number of benzene rings is 1. The van der Waals surface area contributed by atoms with Gasteiger partial charge in [-0.15, -0.1) is 0 Å². The highest BCUT2D eigenvalue weighted by Crippen LogP contribution is 2.28. The summed E-state index contributed by atoms with van der Waals surface area (Å²) < 4.78 is 46.2. The number of hydrogen-bond donors (Lipinski definition) is 1. The summed E-state index contributed by atoms with van der Waals surface area (Å²) in [6.45, 7) is 0.724. The van der Waals surface area contributed by atoms with Gasteiger partial charge in [0.1, 0.15) is 6.54 Å². The van der Waals surface area contributed by atoms with Crippen molar-refractivity contribution in [1.29, 1.82) is 0 Å². The summed E-state index contributed by atoms with van der Waals surface area (Å²) in [4.78, 5) is 11.5. The van der Waals surface area contributed by atoms with Crippen LogP contribution < -0.4 is 14.8 Å². The quantitative estimate of drug-likeness (QED) is 0.899. The number of carbonyl (C=O) groups excluding carboxylic acids is 1. The average molecular weight is 277 g/mol. The molecule has 0 bridgehead atoms. The standard InChI is InChI=1S/C12H14F3NO3/c1-3-19-10-6-8(4-5-9(10)18-2)11(17)16-7-12(13,14)15/h4-6H,3,7H2,1-2H3,(H,16,17). The molecule has 0 atom stereocenters. The Hall–Kier alpha value is -1.92. The Morgan fingerprint density at radius 2 is 2.00 bits per heavy atom. The number of ether oxygens (including phenoxy) is 2. The lowest BCUT2D eigenvalue weighted by molar-refractivity contribution is -0.123. The second-order valence-electron chi connectivity index (χ2n) is 3.60. The molecule has 0 aliphatic carbocycles. The SMILES string of the molecule is CCOc1cc(C(=O)NCC(F)(F)F)ccc1OC. The minimum absolute atomic E-state index is 0.0773. The lowest BCUT2D eigenvalue weighted by Crippen LogP contribution is -2.33. The fourth-order valence-electron chi connectivity index (χ4n) is 1.37. The van der Waals surface area contributed by atoms with Crippen molar-refractivity contribution in [1.82, 2.24) is 5.32 Å². The molecule has 1 aromatic rings. The zero-order chi connectivity index (χ0) is 14.5. The molecule has 0 radical (unpaired) electrons. The largest absolute Gasteiger partial charge is 0.493 e. The van der Waals surface area contributed by atoms with Gasteiger partial charge in [-0.1, -0.05) is 0 Å².